The van der Waals surface area contributed by atoms with Crippen LogP contribution in [0.3, 0.4) is 0 Å². The predicted molar refractivity (Wildman–Crippen MR) is 143 cm³/mol. The first-order chi connectivity index (χ1) is 18.6. The quantitative estimate of drug-likeness (QED) is 0.299. The number of nitrogens with one attached hydrogen (secondary N) is 1. The van der Waals surface area contributed by atoms with E-state index >= 15 is 0 Å². The van der Waals surface area contributed by atoms with Crippen molar-refractivity contribution >= 4 is 28.7 Å². The van der Waals surface area contributed by atoms with E-state index in [1.807, 2.05) is 33.7 Å². The number of hydrogen-bond donors (Lipinski definition) is 2. The number of amides is 1. The second-order valence-electron chi connectivity index (χ2n) is 10.4. The molecule has 194 valence electrons. The molecule has 10 heteroatoms. The van der Waals surface area contributed by atoms with Gasteiger partial charge in [-0.2, -0.15) is 5.10 Å². The molecule has 7 rings (SSSR count). The van der Waals surface area contributed by atoms with Crippen LogP contribution in [0.25, 0.3) is 11.2 Å². The summed E-state index contributed by atoms with van der Waals surface area (Å²) in [6.07, 6.45) is 14.7. The van der Waals surface area contributed by atoms with E-state index in [2.05, 4.69) is 27.0 Å². The van der Waals surface area contributed by atoms with Gasteiger partial charge in [0.1, 0.15) is 5.65 Å². The van der Waals surface area contributed by atoms with Gasteiger partial charge in [0.25, 0.3) is 5.91 Å². The molecule has 0 unspecified atom stereocenters. The van der Waals surface area contributed by atoms with Gasteiger partial charge in [-0.15, -0.1) is 0 Å². The number of halogens is 1. The SMILES string of the molecule is O=C(NCc1ncn2ccc(Cl)cc12)c1cn(Cc2cn3cc(C4CC4)cc(CCO)c3n2)nc1C1CC1. The maximum absolute atomic E-state index is 13.3. The highest BCUT2D eigenvalue weighted by Gasteiger charge is 2.32. The summed E-state index contributed by atoms with van der Waals surface area (Å²) in [4.78, 5) is 22.6. The zero-order valence-electron chi connectivity index (χ0n) is 20.8. The minimum atomic E-state index is -0.157. The smallest absolute Gasteiger partial charge is 0.255 e. The van der Waals surface area contributed by atoms with E-state index in [-0.39, 0.29) is 12.5 Å². The molecule has 0 radical (unpaired) electrons. The first-order valence-electron chi connectivity index (χ1n) is 13.1. The van der Waals surface area contributed by atoms with Crippen LogP contribution in [0.15, 0.2) is 49.3 Å². The monoisotopic (exact) mass is 529 g/mol. The third-order valence-corrected chi connectivity index (χ3v) is 7.68. The maximum Gasteiger partial charge on any atom is 0.255 e. The Hall–Kier alpha value is -3.69. The molecule has 5 aromatic rings. The zero-order chi connectivity index (χ0) is 25.8. The van der Waals surface area contributed by atoms with Crippen LogP contribution in [0.2, 0.25) is 5.02 Å². The normalized spacial score (nSPS) is 15.5. The fourth-order valence-corrected chi connectivity index (χ4v) is 5.35. The molecule has 9 nitrogen and oxygen atoms in total. The molecule has 0 atom stereocenters. The lowest BCUT2D eigenvalue weighted by atomic mass is 10.1. The molecule has 0 aromatic carbocycles. The van der Waals surface area contributed by atoms with Crippen LogP contribution in [0.5, 0.6) is 0 Å². The molecule has 2 aliphatic carbocycles. The molecule has 2 aliphatic rings. The molecule has 1 amide bonds. The molecule has 0 spiro atoms. The highest BCUT2D eigenvalue weighted by atomic mass is 35.5. The summed E-state index contributed by atoms with van der Waals surface area (Å²) in [6.45, 7) is 0.862. The summed E-state index contributed by atoms with van der Waals surface area (Å²) in [5.74, 6) is 0.784. The Morgan fingerprint density at radius 1 is 1.11 bits per heavy atom. The van der Waals surface area contributed by atoms with E-state index in [1.165, 1.54) is 18.4 Å². The third kappa shape index (κ3) is 4.46. The lowest BCUT2D eigenvalue weighted by molar-refractivity contribution is 0.0949. The number of aliphatic hydroxyl groups excluding tert-OH is 1. The van der Waals surface area contributed by atoms with E-state index in [9.17, 15) is 9.90 Å². The van der Waals surface area contributed by atoms with Crippen LogP contribution in [0, 0.1) is 0 Å². The molecule has 2 fully saturated rings. The van der Waals surface area contributed by atoms with E-state index < -0.39 is 0 Å². The molecule has 2 N–H and O–H groups in total. The number of rotatable bonds is 9. The van der Waals surface area contributed by atoms with Crippen LogP contribution in [0.1, 0.15) is 76.1 Å². The van der Waals surface area contributed by atoms with Crippen molar-refractivity contribution in [3.8, 4) is 0 Å². The lowest BCUT2D eigenvalue weighted by Gasteiger charge is -2.06. The summed E-state index contributed by atoms with van der Waals surface area (Å²) >= 11 is 6.16. The molecular formula is C28H28ClN7O2. The van der Waals surface area contributed by atoms with Crippen LogP contribution in [-0.2, 0) is 19.5 Å². The van der Waals surface area contributed by atoms with E-state index in [1.54, 1.807) is 12.4 Å². The van der Waals surface area contributed by atoms with Gasteiger partial charge in [-0.05, 0) is 61.3 Å². The summed E-state index contributed by atoms with van der Waals surface area (Å²) < 4.78 is 5.79. The molecule has 5 heterocycles. The average molecular weight is 530 g/mol. The molecule has 0 bridgehead atoms. The van der Waals surface area contributed by atoms with Crippen molar-refractivity contribution < 1.29 is 9.90 Å². The highest BCUT2D eigenvalue weighted by Crippen LogP contribution is 2.41. The van der Waals surface area contributed by atoms with Gasteiger partial charge in [0.2, 0.25) is 0 Å². The number of pyridine rings is 2. The second kappa shape index (κ2) is 9.25. The van der Waals surface area contributed by atoms with Crippen LogP contribution in [0.4, 0.5) is 0 Å². The summed E-state index contributed by atoms with van der Waals surface area (Å²) in [5.41, 5.74) is 7.20. The lowest BCUT2D eigenvalue weighted by Crippen LogP contribution is -2.23. The number of nitrogens with zero attached hydrogens (tertiary/aromatic N) is 6. The second-order valence-corrected chi connectivity index (χ2v) is 10.9. The maximum atomic E-state index is 13.3. The standard InChI is InChI=1S/C28H28ClN7O2/c29-21-5-7-34-16-31-24(25(34)10-21)11-30-28(38)23-15-36(33-26(23)18-3-4-18)14-22-13-35-12-20(17-1-2-17)9-19(6-8-37)27(35)32-22/h5,7,9-10,12-13,15-18,37H,1-4,6,8,11,14H2,(H,30,38). The first-order valence-corrected chi connectivity index (χ1v) is 13.5. The zero-order valence-corrected chi connectivity index (χ0v) is 21.6. The number of carbonyl (C=O) groups excluding carboxylic acids is 1. The molecule has 0 aliphatic heterocycles. The molecule has 0 saturated heterocycles. The number of hydrogen-bond acceptors (Lipinski definition) is 5. The van der Waals surface area contributed by atoms with Gasteiger partial charge in [0, 0.05) is 42.3 Å². The van der Waals surface area contributed by atoms with Gasteiger partial charge < -0.3 is 19.2 Å². The van der Waals surface area contributed by atoms with Gasteiger partial charge in [-0.25, -0.2) is 9.97 Å². The molecule has 2 saturated carbocycles. The average Bonchev–Trinajstić information content (AvgIpc) is 3.82. The highest BCUT2D eigenvalue weighted by molar-refractivity contribution is 6.30. The Labute approximate surface area is 224 Å². The number of fused-ring (bicyclic) bond motifs is 2. The minimum absolute atomic E-state index is 0.0934. The molecule has 38 heavy (non-hydrogen) atoms. The van der Waals surface area contributed by atoms with Gasteiger partial charge >= 0.3 is 0 Å². The Balaban J connectivity index is 1.13. The predicted octanol–water partition coefficient (Wildman–Crippen LogP) is 4.10. The number of carbonyl (C=O) groups is 1. The van der Waals surface area contributed by atoms with Crippen molar-refractivity contribution in [3.63, 3.8) is 0 Å². The Kier molecular flexibility index (Phi) is 5.70. The van der Waals surface area contributed by atoms with Crippen molar-refractivity contribution in [1.29, 1.82) is 0 Å². The van der Waals surface area contributed by atoms with E-state index in [0.717, 1.165) is 46.7 Å². The van der Waals surface area contributed by atoms with Crippen molar-refractivity contribution in [2.45, 2.75) is 57.0 Å². The summed E-state index contributed by atoms with van der Waals surface area (Å²) in [5, 5.41) is 18.0. The van der Waals surface area contributed by atoms with Gasteiger partial charge in [-0.1, -0.05) is 17.7 Å². The minimum Gasteiger partial charge on any atom is -0.396 e. The Morgan fingerprint density at radius 3 is 2.74 bits per heavy atom. The van der Waals surface area contributed by atoms with Crippen molar-refractivity contribution in [2.75, 3.05) is 6.61 Å². The fourth-order valence-electron chi connectivity index (χ4n) is 5.19. The topological polar surface area (TPSA) is 102 Å². The Morgan fingerprint density at radius 2 is 1.95 bits per heavy atom. The first kappa shape index (κ1) is 23.4. The van der Waals surface area contributed by atoms with E-state index in [0.29, 0.717) is 41.9 Å². The summed E-state index contributed by atoms with van der Waals surface area (Å²) in [6, 6.07) is 5.84. The number of imidazole rings is 2. The summed E-state index contributed by atoms with van der Waals surface area (Å²) in [7, 11) is 0. The van der Waals surface area contributed by atoms with Gasteiger partial charge in [0.15, 0.2) is 0 Å². The largest absolute Gasteiger partial charge is 0.396 e. The Bertz CT molecular complexity index is 1680. The number of aromatic nitrogens is 6. The van der Waals surface area contributed by atoms with Crippen molar-refractivity contribution in [2.24, 2.45) is 0 Å². The van der Waals surface area contributed by atoms with E-state index in [4.69, 9.17) is 21.7 Å². The van der Waals surface area contributed by atoms with Crippen molar-refractivity contribution in [3.05, 3.63) is 88.1 Å². The van der Waals surface area contributed by atoms with Crippen LogP contribution < -0.4 is 5.32 Å². The van der Waals surface area contributed by atoms with Gasteiger partial charge in [-0.3, -0.25) is 9.48 Å². The number of aliphatic hydroxyl groups is 1. The third-order valence-electron chi connectivity index (χ3n) is 7.45. The molecule has 5 aromatic heterocycles. The molecular weight excluding hydrogens is 502 g/mol. The van der Waals surface area contributed by atoms with Crippen molar-refractivity contribution in [1.82, 2.24) is 33.9 Å². The van der Waals surface area contributed by atoms with Gasteiger partial charge in [0.05, 0.1) is 47.6 Å². The fraction of sp³-hybridized carbons (Fsp3) is 0.357. The van der Waals surface area contributed by atoms with Crippen LogP contribution >= 0.6 is 11.6 Å². The van der Waals surface area contributed by atoms with Crippen LogP contribution in [-0.4, -0.2) is 46.2 Å².